The molecular weight excluding hydrogens is 304 g/mol. The zero-order valence-electron chi connectivity index (χ0n) is 14.0. The third-order valence-electron chi connectivity index (χ3n) is 5.36. The SMILES string of the molecule is C=CC(=O)N1CCC2(C1)CN(c1cccc(N3CCOCC3)n1)C2. The van der Waals surface area contributed by atoms with Crippen molar-refractivity contribution in [2.75, 3.05) is 62.3 Å². The Morgan fingerprint density at radius 3 is 2.54 bits per heavy atom. The van der Waals surface area contributed by atoms with Gasteiger partial charge in [-0.05, 0) is 24.6 Å². The second-order valence-electron chi connectivity index (χ2n) is 7.02. The molecule has 4 heterocycles. The Kier molecular flexibility index (Phi) is 3.92. The Morgan fingerprint density at radius 2 is 1.83 bits per heavy atom. The fraction of sp³-hybridized carbons (Fsp3) is 0.556. The molecule has 0 bridgehead atoms. The quantitative estimate of drug-likeness (QED) is 0.779. The van der Waals surface area contributed by atoms with E-state index in [4.69, 9.17) is 9.72 Å². The van der Waals surface area contributed by atoms with E-state index in [1.165, 1.54) is 6.08 Å². The number of hydrogen-bond donors (Lipinski definition) is 0. The van der Waals surface area contributed by atoms with Crippen LogP contribution in [-0.2, 0) is 9.53 Å². The Morgan fingerprint density at radius 1 is 1.12 bits per heavy atom. The average Bonchev–Trinajstić information content (AvgIpc) is 3.06. The van der Waals surface area contributed by atoms with Crippen molar-refractivity contribution in [3.63, 3.8) is 0 Å². The molecule has 0 saturated carbocycles. The first-order valence-corrected chi connectivity index (χ1v) is 8.65. The van der Waals surface area contributed by atoms with Crippen LogP contribution in [0.15, 0.2) is 30.9 Å². The molecule has 1 spiro atoms. The van der Waals surface area contributed by atoms with Gasteiger partial charge in [-0.1, -0.05) is 12.6 Å². The van der Waals surface area contributed by atoms with Crippen molar-refractivity contribution in [1.82, 2.24) is 9.88 Å². The van der Waals surface area contributed by atoms with Crippen molar-refractivity contribution in [3.8, 4) is 0 Å². The Bertz CT molecular complexity index is 636. The number of anilines is 2. The number of nitrogens with zero attached hydrogens (tertiary/aromatic N) is 4. The van der Waals surface area contributed by atoms with E-state index < -0.39 is 0 Å². The lowest BCUT2D eigenvalue weighted by atomic mass is 9.79. The maximum atomic E-state index is 11.8. The smallest absolute Gasteiger partial charge is 0.245 e. The first-order valence-electron chi connectivity index (χ1n) is 8.65. The molecule has 1 aromatic rings. The Hall–Kier alpha value is -2.08. The van der Waals surface area contributed by atoms with Gasteiger partial charge in [0.15, 0.2) is 0 Å². The van der Waals surface area contributed by atoms with E-state index in [0.29, 0.717) is 0 Å². The lowest BCUT2D eigenvalue weighted by Gasteiger charge is -2.48. The average molecular weight is 328 g/mol. The molecule has 1 aromatic heterocycles. The molecule has 4 rings (SSSR count). The van der Waals surface area contributed by atoms with E-state index in [1.807, 2.05) is 4.90 Å². The molecule has 0 radical (unpaired) electrons. The summed E-state index contributed by atoms with van der Waals surface area (Å²) in [6, 6.07) is 6.24. The summed E-state index contributed by atoms with van der Waals surface area (Å²) in [6.07, 6.45) is 2.50. The van der Waals surface area contributed by atoms with Crippen molar-refractivity contribution < 1.29 is 9.53 Å². The van der Waals surface area contributed by atoms with Crippen LogP contribution in [0.1, 0.15) is 6.42 Å². The predicted molar refractivity (Wildman–Crippen MR) is 93.3 cm³/mol. The molecule has 0 aliphatic carbocycles. The van der Waals surface area contributed by atoms with Gasteiger partial charge in [0.25, 0.3) is 0 Å². The number of carbonyl (C=O) groups is 1. The highest BCUT2D eigenvalue weighted by Gasteiger charge is 2.48. The molecule has 3 fully saturated rings. The fourth-order valence-electron chi connectivity index (χ4n) is 3.99. The summed E-state index contributed by atoms with van der Waals surface area (Å²) in [5.41, 5.74) is 0.245. The van der Waals surface area contributed by atoms with Gasteiger partial charge in [0.1, 0.15) is 11.6 Å². The highest BCUT2D eigenvalue weighted by molar-refractivity contribution is 5.87. The van der Waals surface area contributed by atoms with Crippen molar-refractivity contribution in [3.05, 3.63) is 30.9 Å². The first-order chi connectivity index (χ1) is 11.7. The van der Waals surface area contributed by atoms with Gasteiger partial charge in [-0.15, -0.1) is 0 Å². The molecule has 3 aliphatic heterocycles. The van der Waals surface area contributed by atoms with Gasteiger partial charge in [-0.25, -0.2) is 4.98 Å². The topological polar surface area (TPSA) is 48.9 Å². The lowest BCUT2D eigenvalue weighted by Crippen LogP contribution is -2.58. The van der Waals surface area contributed by atoms with Gasteiger partial charge < -0.3 is 19.4 Å². The standard InChI is InChI=1S/C18H24N4O2/c1-2-17(23)21-7-6-18(12-21)13-22(14-18)16-5-3-4-15(19-16)20-8-10-24-11-9-20/h2-5H,1,6-14H2. The minimum atomic E-state index is 0.0535. The molecule has 6 heteroatoms. The number of rotatable bonds is 3. The van der Waals surface area contributed by atoms with E-state index in [9.17, 15) is 4.79 Å². The van der Waals surface area contributed by atoms with Crippen molar-refractivity contribution in [2.24, 2.45) is 5.41 Å². The second-order valence-corrected chi connectivity index (χ2v) is 7.02. The molecule has 0 aromatic carbocycles. The van der Waals surface area contributed by atoms with E-state index in [1.54, 1.807) is 0 Å². The van der Waals surface area contributed by atoms with Crippen molar-refractivity contribution in [1.29, 1.82) is 0 Å². The summed E-state index contributed by atoms with van der Waals surface area (Å²) < 4.78 is 5.41. The van der Waals surface area contributed by atoms with Gasteiger partial charge in [0.05, 0.1) is 13.2 Å². The molecule has 3 aliphatic rings. The van der Waals surface area contributed by atoms with Gasteiger partial charge in [-0.3, -0.25) is 4.79 Å². The summed E-state index contributed by atoms with van der Waals surface area (Å²) in [5, 5.41) is 0. The number of pyridine rings is 1. The number of hydrogen-bond acceptors (Lipinski definition) is 5. The number of morpholine rings is 1. The summed E-state index contributed by atoms with van der Waals surface area (Å²) in [7, 11) is 0. The predicted octanol–water partition coefficient (Wildman–Crippen LogP) is 1.14. The lowest BCUT2D eigenvalue weighted by molar-refractivity contribution is -0.125. The number of likely N-dealkylation sites (tertiary alicyclic amines) is 1. The van der Waals surface area contributed by atoms with Crippen LogP contribution in [0, 0.1) is 5.41 Å². The van der Waals surface area contributed by atoms with E-state index >= 15 is 0 Å². The Labute approximate surface area is 142 Å². The van der Waals surface area contributed by atoms with Gasteiger partial charge in [-0.2, -0.15) is 0 Å². The van der Waals surface area contributed by atoms with Crippen LogP contribution in [0.5, 0.6) is 0 Å². The molecule has 0 N–H and O–H groups in total. The maximum absolute atomic E-state index is 11.8. The molecule has 1 amide bonds. The molecule has 24 heavy (non-hydrogen) atoms. The van der Waals surface area contributed by atoms with Crippen LogP contribution in [0.4, 0.5) is 11.6 Å². The first kappa shape index (κ1) is 15.4. The maximum Gasteiger partial charge on any atom is 0.245 e. The monoisotopic (exact) mass is 328 g/mol. The van der Waals surface area contributed by atoms with E-state index in [-0.39, 0.29) is 11.3 Å². The van der Waals surface area contributed by atoms with Crippen LogP contribution in [-0.4, -0.2) is 68.3 Å². The molecule has 0 atom stereocenters. The zero-order valence-corrected chi connectivity index (χ0v) is 14.0. The number of carbonyl (C=O) groups excluding carboxylic acids is 1. The van der Waals surface area contributed by atoms with Crippen LogP contribution < -0.4 is 9.80 Å². The van der Waals surface area contributed by atoms with Crippen LogP contribution in [0.2, 0.25) is 0 Å². The summed E-state index contributed by atoms with van der Waals surface area (Å²) >= 11 is 0. The third-order valence-corrected chi connectivity index (χ3v) is 5.36. The highest BCUT2D eigenvalue weighted by atomic mass is 16.5. The molecule has 3 saturated heterocycles. The number of ether oxygens (including phenoxy) is 1. The summed E-state index contributed by atoms with van der Waals surface area (Å²) in [6.45, 7) is 10.6. The van der Waals surface area contributed by atoms with Gasteiger partial charge in [0.2, 0.25) is 5.91 Å². The second kappa shape index (κ2) is 6.09. The van der Waals surface area contributed by atoms with E-state index in [0.717, 1.165) is 70.5 Å². The fourth-order valence-corrected chi connectivity index (χ4v) is 3.99. The zero-order chi connectivity index (χ0) is 16.6. The van der Waals surface area contributed by atoms with Gasteiger partial charge >= 0.3 is 0 Å². The van der Waals surface area contributed by atoms with Crippen LogP contribution in [0.25, 0.3) is 0 Å². The molecule has 6 nitrogen and oxygen atoms in total. The molecule has 0 unspecified atom stereocenters. The normalized spacial score (nSPS) is 22.6. The Balaban J connectivity index is 1.40. The third kappa shape index (κ3) is 2.75. The number of amides is 1. The minimum absolute atomic E-state index is 0.0535. The van der Waals surface area contributed by atoms with Crippen molar-refractivity contribution in [2.45, 2.75) is 6.42 Å². The van der Waals surface area contributed by atoms with Gasteiger partial charge in [0, 0.05) is 44.7 Å². The highest BCUT2D eigenvalue weighted by Crippen LogP contribution is 2.41. The van der Waals surface area contributed by atoms with Crippen LogP contribution >= 0.6 is 0 Å². The summed E-state index contributed by atoms with van der Waals surface area (Å²) in [4.78, 5) is 23.1. The van der Waals surface area contributed by atoms with Crippen molar-refractivity contribution >= 4 is 17.5 Å². The number of aromatic nitrogens is 1. The van der Waals surface area contributed by atoms with E-state index in [2.05, 4.69) is 34.6 Å². The largest absolute Gasteiger partial charge is 0.378 e. The molecule has 128 valence electrons. The molecular formula is C18H24N4O2. The van der Waals surface area contributed by atoms with Crippen LogP contribution in [0.3, 0.4) is 0 Å². The minimum Gasteiger partial charge on any atom is -0.378 e. The summed E-state index contributed by atoms with van der Waals surface area (Å²) in [5.74, 6) is 2.13.